The predicted molar refractivity (Wildman–Crippen MR) is 88.8 cm³/mol. The van der Waals surface area contributed by atoms with Crippen LogP contribution in [0, 0.1) is 25.2 Å². The summed E-state index contributed by atoms with van der Waals surface area (Å²) < 4.78 is 5.33. The van der Waals surface area contributed by atoms with E-state index in [1.165, 1.54) is 0 Å². The van der Waals surface area contributed by atoms with Crippen LogP contribution in [-0.4, -0.2) is 23.9 Å². The molecule has 120 valence electrons. The van der Waals surface area contributed by atoms with Gasteiger partial charge in [0.05, 0.1) is 25.4 Å². The number of amides is 1. The van der Waals surface area contributed by atoms with Crippen LogP contribution in [0.5, 0.6) is 0 Å². The maximum absolute atomic E-state index is 12.4. The van der Waals surface area contributed by atoms with Crippen LogP contribution in [0.3, 0.4) is 0 Å². The van der Waals surface area contributed by atoms with Crippen LogP contribution in [-0.2, 0) is 11.3 Å². The van der Waals surface area contributed by atoms with E-state index < -0.39 is 0 Å². The van der Waals surface area contributed by atoms with Gasteiger partial charge in [0, 0.05) is 18.7 Å². The third-order valence-electron chi connectivity index (χ3n) is 3.61. The molecule has 0 unspecified atom stereocenters. The van der Waals surface area contributed by atoms with Gasteiger partial charge in [-0.2, -0.15) is 5.26 Å². The normalized spacial score (nSPS) is 10.5. The maximum Gasteiger partial charge on any atom is 0.238 e. The van der Waals surface area contributed by atoms with E-state index in [0.717, 1.165) is 22.6 Å². The minimum atomic E-state index is -0.0908. The summed E-state index contributed by atoms with van der Waals surface area (Å²) in [5.74, 6) is 0.690. The molecule has 0 saturated carbocycles. The number of rotatable bonds is 7. The summed E-state index contributed by atoms with van der Waals surface area (Å²) in [5.41, 5.74) is 2.93. The fourth-order valence-corrected chi connectivity index (χ4v) is 2.44. The number of carbonyl (C=O) groups excluding carboxylic acids is 1. The number of furan rings is 1. The Hall–Kier alpha value is -2.58. The summed E-state index contributed by atoms with van der Waals surface area (Å²) in [7, 11) is 0. The molecule has 0 aliphatic heterocycles. The van der Waals surface area contributed by atoms with E-state index in [-0.39, 0.29) is 12.5 Å². The van der Waals surface area contributed by atoms with Crippen LogP contribution >= 0.6 is 0 Å². The molecule has 2 rings (SSSR count). The van der Waals surface area contributed by atoms with Crippen LogP contribution in [0.1, 0.15) is 23.3 Å². The summed E-state index contributed by atoms with van der Waals surface area (Å²) in [5, 5.41) is 11.8. The Kier molecular flexibility index (Phi) is 5.95. The standard InChI is InChI=1S/C18H21N3O2/c1-14-6-3-7-15(2)18(14)20-17(22)13-21(10-5-9-19)12-16-8-4-11-23-16/h3-4,6-8,11H,5,10,12-13H2,1-2H3,(H,20,22). The largest absolute Gasteiger partial charge is 0.468 e. The van der Waals surface area contributed by atoms with Gasteiger partial charge >= 0.3 is 0 Å². The van der Waals surface area contributed by atoms with Gasteiger partial charge in [0.15, 0.2) is 0 Å². The molecule has 2 aromatic rings. The van der Waals surface area contributed by atoms with Crippen molar-refractivity contribution < 1.29 is 9.21 Å². The first-order chi connectivity index (χ1) is 11.1. The third kappa shape index (κ3) is 4.97. The van der Waals surface area contributed by atoms with Gasteiger partial charge in [-0.05, 0) is 37.1 Å². The molecule has 5 nitrogen and oxygen atoms in total. The van der Waals surface area contributed by atoms with Crippen LogP contribution in [0.25, 0.3) is 0 Å². The van der Waals surface area contributed by atoms with Crippen LogP contribution in [0.15, 0.2) is 41.0 Å². The van der Waals surface area contributed by atoms with E-state index in [9.17, 15) is 4.79 Å². The Morgan fingerprint density at radius 3 is 2.61 bits per heavy atom. The second kappa shape index (κ2) is 8.16. The van der Waals surface area contributed by atoms with Crippen molar-refractivity contribution in [1.29, 1.82) is 5.26 Å². The number of carbonyl (C=O) groups is 1. The summed E-state index contributed by atoms with van der Waals surface area (Å²) in [6, 6.07) is 11.7. The van der Waals surface area contributed by atoms with Gasteiger partial charge in [-0.1, -0.05) is 18.2 Å². The minimum Gasteiger partial charge on any atom is -0.468 e. The van der Waals surface area contributed by atoms with Gasteiger partial charge in [0.1, 0.15) is 5.76 Å². The molecule has 0 spiro atoms. The van der Waals surface area contributed by atoms with Crippen LogP contribution < -0.4 is 5.32 Å². The number of benzene rings is 1. The molecular weight excluding hydrogens is 290 g/mol. The highest BCUT2D eigenvalue weighted by molar-refractivity contribution is 5.93. The van der Waals surface area contributed by atoms with E-state index in [4.69, 9.17) is 9.68 Å². The lowest BCUT2D eigenvalue weighted by Gasteiger charge is -2.20. The Bertz CT molecular complexity index is 667. The average Bonchev–Trinajstić information content (AvgIpc) is 3.01. The first-order valence-corrected chi connectivity index (χ1v) is 7.58. The lowest BCUT2D eigenvalue weighted by atomic mass is 10.1. The van der Waals surface area contributed by atoms with E-state index in [0.29, 0.717) is 19.5 Å². The van der Waals surface area contributed by atoms with Gasteiger partial charge in [0.2, 0.25) is 5.91 Å². The Morgan fingerprint density at radius 1 is 1.26 bits per heavy atom. The molecule has 0 aliphatic rings. The first-order valence-electron chi connectivity index (χ1n) is 7.58. The van der Waals surface area contributed by atoms with Gasteiger partial charge in [0.25, 0.3) is 0 Å². The second-order valence-electron chi connectivity index (χ2n) is 5.51. The van der Waals surface area contributed by atoms with Gasteiger partial charge < -0.3 is 9.73 Å². The molecule has 0 bridgehead atoms. The number of aryl methyl sites for hydroxylation is 2. The summed E-state index contributed by atoms with van der Waals surface area (Å²) in [6.07, 6.45) is 1.98. The Morgan fingerprint density at radius 2 is 2.00 bits per heavy atom. The van der Waals surface area contributed by atoms with E-state index in [1.54, 1.807) is 6.26 Å². The summed E-state index contributed by atoms with van der Waals surface area (Å²) in [6.45, 7) is 5.19. The smallest absolute Gasteiger partial charge is 0.238 e. The second-order valence-corrected chi connectivity index (χ2v) is 5.51. The molecule has 0 fully saturated rings. The van der Waals surface area contributed by atoms with Crippen LogP contribution in [0.4, 0.5) is 5.69 Å². The van der Waals surface area contributed by atoms with Crippen molar-refractivity contribution >= 4 is 11.6 Å². The van der Waals surface area contributed by atoms with Crippen LogP contribution in [0.2, 0.25) is 0 Å². The van der Waals surface area contributed by atoms with Gasteiger partial charge in [-0.3, -0.25) is 9.69 Å². The number of nitrogens with zero attached hydrogens (tertiary/aromatic N) is 2. The zero-order chi connectivity index (χ0) is 16.7. The molecule has 1 aromatic carbocycles. The molecule has 23 heavy (non-hydrogen) atoms. The molecule has 1 heterocycles. The SMILES string of the molecule is Cc1cccc(C)c1NC(=O)CN(CCC#N)Cc1ccco1. The average molecular weight is 311 g/mol. The Labute approximate surface area is 136 Å². The zero-order valence-electron chi connectivity index (χ0n) is 13.5. The molecule has 5 heteroatoms. The number of nitrogens with one attached hydrogen (secondary N) is 1. The molecule has 0 atom stereocenters. The minimum absolute atomic E-state index is 0.0908. The fourth-order valence-electron chi connectivity index (χ4n) is 2.44. The maximum atomic E-state index is 12.4. The lowest BCUT2D eigenvalue weighted by Crippen LogP contribution is -2.33. The summed E-state index contributed by atoms with van der Waals surface area (Å²) >= 11 is 0. The number of anilines is 1. The molecular formula is C18H21N3O2. The van der Waals surface area contributed by atoms with Crippen molar-refractivity contribution in [3.05, 3.63) is 53.5 Å². The lowest BCUT2D eigenvalue weighted by molar-refractivity contribution is -0.117. The molecule has 1 amide bonds. The quantitative estimate of drug-likeness (QED) is 0.852. The monoisotopic (exact) mass is 311 g/mol. The van der Waals surface area contributed by atoms with Crippen molar-refractivity contribution in [3.63, 3.8) is 0 Å². The molecule has 0 radical (unpaired) electrons. The van der Waals surface area contributed by atoms with E-state index in [1.807, 2.05) is 49.1 Å². The topological polar surface area (TPSA) is 69.3 Å². The molecule has 0 saturated heterocycles. The highest BCUT2D eigenvalue weighted by Gasteiger charge is 2.14. The molecule has 1 aromatic heterocycles. The number of para-hydroxylation sites is 1. The van der Waals surface area contributed by atoms with Gasteiger partial charge in [-0.25, -0.2) is 0 Å². The third-order valence-corrected chi connectivity index (χ3v) is 3.61. The fraction of sp³-hybridized carbons (Fsp3) is 0.333. The van der Waals surface area contributed by atoms with E-state index in [2.05, 4.69) is 11.4 Å². The molecule has 0 aliphatic carbocycles. The predicted octanol–water partition coefficient (Wildman–Crippen LogP) is 3.25. The highest BCUT2D eigenvalue weighted by atomic mass is 16.3. The molecule has 1 N–H and O–H groups in total. The van der Waals surface area contributed by atoms with Crippen molar-refractivity contribution in [2.24, 2.45) is 0 Å². The summed E-state index contributed by atoms with van der Waals surface area (Å²) in [4.78, 5) is 14.3. The number of hydrogen-bond donors (Lipinski definition) is 1. The first kappa shape index (κ1) is 16.8. The van der Waals surface area contributed by atoms with Crippen molar-refractivity contribution in [2.75, 3.05) is 18.4 Å². The van der Waals surface area contributed by atoms with Crippen molar-refractivity contribution in [2.45, 2.75) is 26.8 Å². The van der Waals surface area contributed by atoms with Crippen molar-refractivity contribution in [3.8, 4) is 6.07 Å². The number of nitriles is 1. The number of hydrogen-bond acceptors (Lipinski definition) is 4. The van der Waals surface area contributed by atoms with Crippen molar-refractivity contribution in [1.82, 2.24) is 4.90 Å². The highest BCUT2D eigenvalue weighted by Crippen LogP contribution is 2.19. The van der Waals surface area contributed by atoms with Gasteiger partial charge in [-0.15, -0.1) is 0 Å². The Balaban J connectivity index is 2.00. The van der Waals surface area contributed by atoms with E-state index >= 15 is 0 Å². The zero-order valence-corrected chi connectivity index (χ0v) is 13.5.